The number of hydrogen-bond donors (Lipinski definition) is 2. The number of benzene rings is 2. The second kappa shape index (κ2) is 9.12. The fourth-order valence-electron chi connectivity index (χ4n) is 4.53. The van der Waals surface area contributed by atoms with Gasteiger partial charge in [-0.15, -0.1) is 0 Å². The smallest absolute Gasteiger partial charge is 0.336 e. The number of ether oxygens (including phenoxy) is 1. The summed E-state index contributed by atoms with van der Waals surface area (Å²) in [7, 11) is 0. The summed E-state index contributed by atoms with van der Waals surface area (Å²) in [6.07, 6.45) is -0.554. The van der Waals surface area contributed by atoms with Crippen LogP contribution in [0.1, 0.15) is 16.7 Å². The summed E-state index contributed by atoms with van der Waals surface area (Å²) in [6, 6.07) is 13.4. The molecular weight excluding hydrogens is 392 g/mol. The van der Waals surface area contributed by atoms with Crippen LogP contribution in [0.2, 0.25) is 0 Å². The van der Waals surface area contributed by atoms with Crippen molar-refractivity contribution in [3.63, 3.8) is 0 Å². The van der Waals surface area contributed by atoms with E-state index >= 15 is 0 Å². The number of quaternary nitrogens is 1. The van der Waals surface area contributed by atoms with Gasteiger partial charge in [0.15, 0.2) is 0 Å². The summed E-state index contributed by atoms with van der Waals surface area (Å²) in [5, 5.41) is 11.4. The predicted molar refractivity (Wildman–Crippen MR) is 122 cm³/mol. The lowest BCUT2D eigenvalue weighted by Gasteiger charge is -2.36. The van der Waals surface area contributed by atoms with E-state index in [1.165, 1.54) is 27.8 Å². The van der Waals surface area contributed by atoms with Gasteiger partial charge in [0.05, 0.1) is 26.2 Å². The lowest BCUT2D eigenvalue weighted by molar-refractivity contribution is -0.903. The number of fused-ring (bicyclic) bond motifs is 1. The zero-order valence-corrected chi connectivity index (χ0v) is 18.5. The average molecular weight is 424 g/mol. The van der Waals surface area contributed by atoms with E-state index in [-0.39, 0.29) is 12.2 Å². The molecule has 0 unspecified atom stereocenters. The van der Waals surface area contributed by atoms with E-state index in [1.807, 2.05) is 19.1 Å². The molecule has 164 valence electrons. The first kappa shape index (κ1) is 21.4. The number of nitrogens with one attached hydrogen (secondary N) is 1. The van der Waals surface area contributed by atoms with Crippen LogP contribution in [0.5, 0.6) is 5.75 Å². The zero-order valence-electron chi connectivity index (χ0n) is 18.5. The lowest BCUT2D eigenvalue weighted by Crippen LogP contribution is -3.16. The van der Waals surface area contributed by atoms with Crippen LogP contribution in [0.3, 0.4) is 0 Å². The van der Waals surface area contributed by atoms with Crippen LogP contribution in [-0.4, -0.2) is 50.5 Å². The molecule has 0 saturated carbocycles. The van der Waals surface area contributed by atoms with Gasteiger partial charge < -0.3 is 24.1 Å². The minimum atomic E-state index is -0.554. The summed E-state index contributed by atoms with van der Waals surface area (Å²) in [6.45, 7) is 11.0. The van der Waals surface area contributed by atoms with Crippen molar-refractivity contribution in [2.45, 2.75) is 26.9 Å². The van der Waals surface area contributed by atoms with E-state index in [0.29, 0.717) is 17.9 Å². The van der Waals surface area contributed by atoms with Gasteiger partial charge in [-0.3, -0.25) is 0 Å². The van der Waals surface area contributed by atoms with Crippen molar-refractivity contribution in [1.82, 2.24) is 0 Å². The highest BCUT2D eigenvalue weighted by Crippen LogP contribution is 2.24. The molecule has 3 aromatic rings. The van der Waals surface area contributed by atoms with Crippen LogP contribution >= 0.6 is 0 Å². The second-order valence-corrected chi connectivity index (χ2v) is 8.55. The molecule has 1 aliphatic rings. The molecule has 6 heteroatoms. The molecule has 2 N–H and O–H groups in total. The molecule has 4 rings (SSSR count). The third kappa shape index (κ3) is 4.92. The largest absolute Gasteiger partial charge is 0.491 e. The van der Waals surface area contributed by atoms with Gasteiger partial charge in [-0.25, -0.2) is 4.79 Å². The maximum Gasteiger partial charge on any atom is 0.336 e. The van der Waals surface area contributed by atoms with E-state index < -0.39 is 6.10 Å². The van der Waals surface area contributed by atoms with Gasteiger partial charge >= 0.3 is 5.63 Å². The quantitative estimate of drug-likeness (QED) is 0.593. The zero-order chi connectivity index (χ0) is 22.0. The Balaban J connectivity index is 1.29. The van der Waals surface area contributed by atoms with Gasteiger partial charge in [0, 0.05) is 23.2 Å². The summed E-state index contributed by atoms with van der Waals surface area (Å²) in [4.78, 5) is 15.4. The molecule has 0 aliphatic carbocycles. The molecule has 0 radical (unpaired) electrons. The number of rotatable bonds is 6. The molecule has 1 atom stereocenters. The summed E-state index contributed by atoms with van der Waals surface area (Å²) < 4.78 is 11.1. The van der Waals surface area contributed by atoms with Crippen molar-refractivity contribution >= 4 is 16.7 Å². The predicted octanol–water partition coefficient (Wildman–Crippen LogP) is 1.86. The minimum Gasteiger partial charge on any atom is -0.491 e. The van der Waals surface area contributed by atoms with Crippen LogP contribution in [0.15, 0.2) is 51.7 Å². The normalized spacial score (nSPS) is 15.9. The van der Waals surface area contributed by atoms with Crippen molar-refractivity contribution < 1.29 is 19.2 Å². The Hall–Kier alpha value is -2.83. The minimum absolute atomic E-state index is 0.214. The number of para-hydroxylation sites is 1. The molecular formula is C25H31N2O4+. The van der Waals surface area contributed by atoms with Crippen LogP contribution in [0.25, 0.3) is 11.0 Å². The fourth-order valence-corrected chi connectivity index (χ4v) is 4.53. The Morgan fingerprint density at radius 1 is 1.06 bits per heavy atom. The molecule has 1 aliphatic heterocycles. The van der Waals surface area contributed by atoms with Gasteiger partial charge in [0.2, 0.25) is 0 Å². The number of anilines is 1. The molecule has 6 nitrogen and oxygen atoms in total. The second-order valence-electron chi connectivity index (χ2n) is 8.55. The van der Waals surface area contributed by atoms with Gasteiger partial charge in [-0.05, 0) is 49.6 Å². The Labute approximate surface area is 182 Å². The Kier molecular flexibility index (Phi) is 6.30. The highest BCUT2D eigenvalue weighted by atomic mass is 16.5. The van der Waals surface area contributed by atoms with Crippen LogP contribution in [-0.2, 0) is 0 Å². The van der Waals surface area contributed by atoms with Crippen molar-refractivity contribution in [3.8, 4) is 5.75 Å². The van der Waals surface area contributed by atoms with Crippen molar-refractivity contribution in [1.29, 1.82) is 0 Å². The fraction of sp³-hybridized carbons (Fsp3) is 0.400. The first-order valence-corrected chi connectivity index (χ1v) is 10.9. The molecule has 0 amide bonds. The topological polar surface area (TPSA) is 67.3 Å². The van der Waals surface area contributed by atoms with Gasteiger partial charge in [-0.1, -0.05) is 18.2 Å². The van der Waals surface area contributed by atoms with E-state index in [9.17, 15) is 9.90 Å². The molecule has 1 fully saturated rings. The van der Waals surface area contributed by atoms with Crippen LogP contribution in [0.4, 0.5) is 5.69 Å². The maximum absolute atomic E-state index is 11.6. The lowest BCUT2D eigenvalue weighted by atomic mass is 10.1. The van der Waals surface area contributed by atoms with E-state index in [2.05, 4.69) is 36.9 Å². The number of piperazine rings is 1. The van der Waals surface area contributed by atoms with Crippen LogP contribution in [0, 0.1) is 20.8 Å². The van der Waals surface area contributed by atoms with E-state index in [4.69, 9.17) is 9.15 Å². The number of aryl methyl sites for hydroxylation is 3. The molecule has 0 spiro atoms. The Bertz CT molecular complexity index is 1100. The van der Waals surface area contributed by atoms with Crippen LogP contribution < -0.4 is 20.2 Å². The molecule has 2 heterocycles. The molecule has 2 aromatic carbocycles. The third-order valence-electron chi connectivity index (χ3n) is 6.12. The molecule has 0 bridgehead atoms. The maximum atomic E-state index is 11.6. The average Bonchev–Trinajstić information content (AvgIpc) is 2.73. The van der Waals surface area contributed by atoms with Gasteiger partial charge in [0.25, 0.3) is 0 Å². The summed E-state index contributed by atoms with van der Waals surface area (Å²) in [5.74, 6) is 0.593. The first-order chi connectivity index (χ1) is 14.9. The number of aliphatic hydroxyl groups is 1. The molecule has 31 heavy (non-hydrogen) atoms. The van der Waals surface area contributed by atoms with Crippen molar-refractivity contribution in [2.24, 2.45) is 0 Å². The Morgan fingerprint density at radius 2 is 1.77 bits per heavy atom. The van der Waals surface area contributed by atoms with Crippen molar-refractivity contribution in [3.05, 3.63) is 69.6 Å². The number of nitrogens with zero attached hydrogens (tertiary/aromatic N) is 1. The van der Waals surface area contributed by atoms with E-state index in [1.54, 1.807) is 6.07 Å². The number of hydrogen-bond acceptors (Lipinski definition) is 5. The monoisotopic (exact) mass is 423 g/mol. The summed E-state index contributed by atoms with van der Waals surface area (Å²) in [5.41, 5.74) is 5.00. The Morgan fingerprint density at radius 3 is 2.48 bits per heavy atom. The highest BCUT2D eigenvalue weighted by Gasteiger charge is 2.24. The van der Waals surface area contributed by atoms with Gasteiger partial charge in [0.1, 0.15) is 30.6 Å². The first-order valence-electron chi connectivity index (χ1n) is 10.9. The third-order valence-corrected chi connectivity index (χ3v) is 6.12. The standard InChI is InChI=1S/C25H30N2O4/c1-17-5-4-6-18(2)25(17)27-11-9-26(10-12-27)15-20(28)16-30-21-7-8-22-19(3)13-24(29)31-23(22)14-21/h4-8,13-14,20,28H,9-12,15-16H2,1-3H3/p+1/t20-/m1/s1. The van der Waals surface area contributed by atoms with E-state index in [0.717, 1.165) is 37.1 Å². The SMILES string of the molecule is Cc1cccc(C)c1N1CC[NH+](C[C@@H](O)COc2ccc3c(C)cc(=O)oc3c2)CC1. The number of aliphatic hydroxyl groups excluding tert-OH is 1. The summed E-state index contributed by atoms with van der Waals surface area (Å²) >= 11 is 0. The molecule has 1 aromatic heterocycles. The highest BCUT2D eigenvalue weighted by molar-refractivity contribution is 5.81. The van der Waals surface area contributed by atoms with Gasteiger partial charge in [-0.2, -0.15) is 0 Å². The molecule has 1 saturated heterocycles. The van der Waals surface area contributed by atoms with Crippen molar-refractivity contribution in [2.75, 3.05) is 44.2 Å².